The molecule has 3 aromatic heterocycles. The standard InChI is InChI=1S/C18H23N5O3S/c1-10-5-8-27-15(10)13-11(19)12-14(16(24)22-9-21-12)23(13)7-6-20-17(25)26-18(2,3)4/h5,8-9H,6-7,19H2,1-4H3,(H,20,25)(H,21,22,24). The third-order valence-electron chi connectivity index (χ3n) is 3.96. The van der Waals surface area contributed by atoms with Gasteiger partial charge in [0, 0.05) is 13.1 Å². The van der Waals surface area contributed by atoms with E-state index in [0.717, 1.165) is 16.1 Å². The van der Waals surface area contributed by atoms with Crippen LogP contribution in [0.1, 0.15) is 26.3 Å². The van der Waals surface area contributed by atoms with Crippen LogP contribution in [0, 0.1) is 6.92 Å². The zero-order valence-electron chi connectivity index (χ0n) is 15.8. The molecule has 3 aromatic rings. The molecule has 0 bridgehead atoms. The van der Waals surface area contributed by atoms with Crippen LogP contribution in [0.3, 0.4) is 0 Å². The van der Waals surface area contributed by atoms with Crippen LogP contribution in [0.4, 0.5) is 10.5 Å². The number of rotatable bonds is 4. The number of aromatic amines is 1. The molecule has 0 aliphatic heterocycles. The molecule has 0 aromatic carbocycles. The van der Waals surface area contributed by atoms with Crippen molar-refractivity contribution in [2.75, 3.05) is 12.3 Å². The van der Waals surface area contributed by atoms with Crippen molar-refractivity contribution in [3.63, 3.8) is 0 Å². The van der Waals surface area contributed by atoms with E-state index in [-0.39, 0.29) is 12.1 Å². The Labute approximate surface area is 160 Å². The van der Waals surface area contributed by atoms with Gasteiger partial charge in [-0.15, -0.1) is 11.3 Å². The molecule has 0 saturated heterocycles. The Morgan fingerprint density at radius 3 is 2.81 bits per heavy atom. The molecule has 0 atom stereocenters. The minimum atomic E-state index is -0.574. The lowest BCUT2D eigenvalue weighted by Crippen LogP contribution is -2.34. The molecule has 144 valence electrons. The van der Waals surface area contributed by atoms with Crippen molar-refractivity contribution in [1.29, 1.82) is 0 Å². The number of hydrogen-bond donors (Lipinski definition) is 3. The second-order valence-electron chi connectivity index (χ2n) is 7.20. The van der Waals surface area contributed by atoms with Crippen LogP contribution in [0.15, 0.2) is 22.6 Å². The lowest BCUT2D eigenvalue weighted by atomic mass is 10.2. The second-order valence-corrected chi connectivity index (χ2v) is 8.12. The summed E-state index contributed by atoms with van der Waals surface area (Å²) in [5.41, 5.74) is 8.61. The fourth-order valence-corrected chi connectivity index (χ4v) is 3.87. The summed E-state index contributed by atoms with van der Waals surface area (Å²) < 4.78 is 7.06. The SMILES string of the molecule is Cc1ccsc1-c1c(N)c2nc[nH]c(=O)c2n1CCNC(=O)OC(C)(C)C. The van der Waals surface area contributed by atoms with E-state index in [1.165, 1.54) is 6.33 Å². The summed E-state index contributed by atoms with van der Waals surface area (Å²) in [7, 11) is 0. The second kappa shape index (κ2) is 7.07. The van der Waals surface area contributed by atoms with Crippen molar-refractivity contribution < 1.29 is 9.53 Å². The fraction of sp³-hybridized carbons (Fsp3) is 0.389. The number of anilines is 1. The van der Waals surface area contributed by atoms with E-state index in [0.29, 0.717) is 23.3 Å². The molecule has 0 aliphatic carbocycles. The van der Waals surface area contributed by atoms with Gasteiger partial charge in [-0.2, -0.15) is 0 Å². The van der Waals surface area contributed by atoms with Gasteiger partial charge in [0.1, 0.15) is 16.6 Å². The normalized spacial score (nSPS) is 11.7. The Morgan fingerprint density at radius 2 is 2.19 bits per heavy atom. The number of thiophene rings is 1. The Hall–Kier alpha value is -2.81. The number of nitrogens with one attached hydrogen (secondary N) is 2. The summed E-state index contributed by atoms with van der Waals surface area (Å²) in [5, 5.41) is 4.69. The fourth-order valence-electron chi connectivity index (χ4n) is 2.88. The summed E-state index contributed by atoms with van der Waals surface area (Å²) in [6, 6.07) is 2.00. The number of H-pyrrole nitrogens is 1. The molecule has 4 N–H and O–H groups in total. The van der Waals surface area contributed by atoms with Gasteiger partial charge in [0.25, 0.3) is 5.56 Å². The molecule has 0 saturated carbocycles. The van der Waals surface area contributed by atoms with E-state index in [9.17, 15) is 9.59 Å². The molecular weight excluding hydrogens is 366 g/mol. The average Bonchev–Trinajstić information content (AvgIpc) is 3.08. The number of fused-ring (bicyclic) bond motifs is 1. The van der Waals surface area contributed by atoms with Crippen molar-refractivity contribution in [1.82, 2.24) is 19.9 Å². The molecule has 27 heavy (non-hydrogen) atoms. The molecule has 3 rings (SSSR count). The van der Waals surface area contributed by atoms with Crippen LogP contribution in [0.25, 0.3) is 21.6 Å². The monoisotopic (exact) mass is 389 g/mol. The molecule has 9 heteroatoms. The van der Waals surface area contributed by atoms with Gasteiger partial charge in [-0.25, -0.2) is 9.78 Å². The van der Waals surface area contributed by atoms with E-state index in [2.05, 4.69) is 15.3 Å². The maximum atomic E-state index is 12.4. The minimum absolute atomic E-state index is 0.274. The molecule has 0 unspecified atom stereocenters. The lowest BCUT2D eigenvalue weighted by Gasteiger charge is -2.20. The topological polar surface area (TPSA) is 115 Å². The third kappa shape index (κ3) is 3.82. The number of ether oxygens (including phenoxy) is 1. The van der Waals surface area contributed by atoms with Crippen LogP contribution in [-0.2, 0) is 11.3 Å². The number of amides is 1. The van der Waals surface area contributed by atoms with E-state index in [1.54, 1.807) is 32.1 Å². The number of aromatic nitrogens is 3. The maximum Gasteiger partial charge on any atom is 0.407 e. The number of aryl methyl sites for hydroxylation is 1. The Kier molecular flexibility index (Phi) is 4.97. The first kappa shape index (κ1) is 19.0. The molecule has 3 heterocycles. The highest BCUT2D eigenvalue weighted by atomic mass is 32.1. The maximum absolute atomic E-state index is 12.4. The molecule has 0 aliphatic rings. The van der Waals surface area contributed by atoms with Crippen molar-refractivity contribution in [3.8, 4) is 10.6 Å². The predicted molar refractivity (Wildman–Crippen MR) is 107 cm³/mol. The molecule has 8 nitrogen and oxygen atoms in total. The van der Waals surface area contributed by atoms with Crippen molar-refractivity contribution in [2.24, 2.45) is 0 Å². The zero-order chi connectivity index (χ0) is 19.8. The quantitative estimate of drug-likeness (QED) is 0.635. The first-order valence-electron chi connectivity index (χ1n) is 8.55. The summed E-state index contributed by atoms with van der Waals surface area (Å²) in [6.07, 6.45) is 0.836. The van der Waals surface area contributed by atoms with E-state index >= 15 is 0 Å². The van der Waals surface area contributed by atoms with Gasteiger partial charge in [0.15, 0.2) is 0 Å². The van der Waals surface area contributed by atoms with Gasteiger partial charge in [-0.1, -0.05) is 0 Å². The first-order chi connectivity index (χ1) is 12.7. The molecule has 0 radical (unpaired) electrons. The zero-order valence-corrected chi connectivity index (χ0v) is 16.6. The molecule has 1 amide bonds. The van der Waals surface area contributed by atoms with Crippen LogP contribution < -0.4 is 16.6 Å². The number of hydrogen-bond acceptors (Lipinski definition) is 6. The van der Waals surface area contributed by atoms with Crippen molar-refractivity contribution in [2.45, 2.75) is 39.8 Å². The Balaban J connectivity index is 1.97. The van der Waals surface area contributed by atoms with Crippen LogP contribution in [-0.4, -0.2) is 32.8 Å². The highest BCUT2D eigenvalue weighted by Crippen LogP contribution is 2.38. The predicted octanol–water partition coefficient (Wildman–Crippen LogP) is 2.87. The van der Waals surface area contributed by atoms with E-state index in [4.69, 9.17) is 10.5 Å². The van der Waals surface area contributed by atoms with Crippen molar-refractivity contribution >= 4 is 34.2 Å². The van der Waals surface area contributed by atoms with Gasteiger partial charge in [-0.3, -0.25) is 4.79 Å². The van der Waals surface area contributed by atoms with Crippen molar-refractivity contribution in [3.05, 3.63) is 33.7 Å². The smallest absolute Gasteiger partial charge is 0.407 e. The van der Waals surface area contributed by atoms with Gasteiger partial charge in [0.05, 0.1) is 22.6 Å². The number of carbonyl (C=O) groups excluding carboxylic acids is 1. The minimum Gasteiger partial charge on any atom is -0.444 e. The van der Waals surface area contributed by atoms with E-state index in [1.807, 2.05) is 22.9 Å². The molecular formula is C18H23N5O3S. The Morgan fingerprint density at radius 1 is 1.44 bits per heavy atom. The van der Waals surface area contributed by atoms with Gasteiger partial charge >= 0.3 is 6.09 Å². The van der Waals surface area contributed by atoms with Crippen LogP contribution in [0.5, 0.6) is 0 Å². The number of alkyl carbamates (subject to hydrolysis) is 1. The number of carbonyl (C=O) groups is 1. The summed E-state index contributed by atoms with van der Waals surface area (Å²) >= 11 is 1.55. The summed E-state index contributed by atoms with van der Waals surface area (Å²) in [5.74, 6) is 0. The third-order valence-corrected chi connectivity index (χ3v) is 4.98. The number of nitrogens with zero attached hydrogens (tertiary/aromatic N) is 2. The van der Waals surface area contributed by atoms with E-state index < -0.39 is 11.7 Å². The summed E-state index contributed by atoms with van der Waals surface area (Å²) in [4.78, 5) is 32.1. The van der Waals surface area contributed by atoms with Gasteiger partial charge in [-0.05, 0) is 44.7 Å². The highest BCUT2D eigenvalue weighted by molar-refractivity contribution is 7.13. The Bertz CT molecular complexity index is 1040. The highest BCUT2D eigenvalue weighted by Gasteiger charge is 2.22. The average molecular weight is 389 g/mol. The largest absolute Gasteiger partial charge is 0.444 e. The lowest BCUT2D eigenvalue weighted by molar-refractivity contribution is 0.0526. The van der Waals surface area contributed by atoms with Crippen LogP contribution >= 0.6 is 11.3 Å². The molecule has 0 spiro atoms. The van der Waals surface area contributed by atoms with Gasteiger partial charge < -0.3 is 25.3 Å². The molecule has 0 fully saturated rings. The number of nitrogen functional groups attached to an aromatic ring is 1. The summed E-state index contributed by atoms with van der Waals surface area (Å²) in [6.45, 7) is 8.03. The first-order valence-corrected chi connectivity index (χ1v) is 9.43. The number of nitrogens with two attached hydrogens (primary N) is 1. The van der Waals surface area contributed by atoms with Gasteiger partial charge in [0.2, 0.25) is 0 Å². The van der Waals surface area contributed by atoms with Crippen LogP contribution in [0.2, 0.25) is 0 Å².